The van der Waals surface area contributed by atoms with Gasteiger partial charge in [0.1, 0.15) is 11.6 Å². The van der Waals surface area contributed by atoms with E-state index in [1.165, 1.54) is 16.7 Å². The van der Waals surface area contributed by atoms with Gasteiger partial charge in [0.25, 0.3) is 0 Å². The average Bonchev–Trinajstić information content (AvgIpc) is 2.76. The second-order valence-corrected chi connectivity index (χ2v) is 4.68. The molecular formula is C14H20N2O. The Morgan fingerprint density at radius 2 is 1.88 bits per heavy atom. The summed E-state index contributed by atoms with van der Waals surface area (Å²) < 4.78 is 6.02. The number of hydrogen-bond acceptors (Lipinski definition) is 3. The maximum absolute atomic E-state index is 6.02. The van der Waals surface area contributed by atoms with Gasteiger partial charge in [0.05, 0.1) is 6.54 Å². The molecule has 3 heteroatoms. The number of aryl methyl sites for hydroxylation is 3. The standard InChI is InChI=1S/C14H20N2O/c1-9-7-10(2)13(11(3)8-9)17-12(4)14-15-5-6-16-14/h7-8,12H,5-6H2,1-4H3,(H,15,16)/t12-/m0/s1. The van der Waals surface area contributed by atoms with Crippen molar-refractivity contribution in [3.05, 3.63) is 28.8 Å². The molecule has 1 N–H and O–H groups in total. The summed E-state index contributed by atoms with van der Waals surface area (Å²) in [4.78, 5) is 4.39. The Balaban J connectivity index is 2.18. The second kappa shape index (κ2) is 4.78. The van der Waals surface area contributed by atoms with Gasteiger partial charge in [-0.3, -0.25) is 4.99 Å². The van der Waals surface area contributed by atoms with Gasteiger partial charge < -0.3 is 10.1 Å². The summed E-state index contributed by atoms with van der Waals surface area (Å²) in [6.45, 7) is 10.1. The van der Waals surface area contributed by atoms with Crippen LogP contribution in [0.1, 0.15) is 23.6 Å². The Kier molecular flexibility index (Phi) is 3.36. The Bertz CT molecular complexity index is 429. The SMILES string of the molecule is Cc1cc(C)c(O[C@@H](C)C2=NCCN2)c(C)c1. The van der Waals surface area contributed by atoms with E-state index in [1.54, 1.807) is 0 Å². The third kappa shape index (κ3) is 2.60. The molecule has 1 heterocycles. The highest BCUT2D eigenvalue weighted by atomic mass is 16.5. The number of benzene rings is 1. The third-order valence-electron chi connectivity index (χ3n) is 2.98. The Morgan fingerprint density at radius 1 is 1.24 bits per heavy atom. The lowest BCUT2D eigenvalue weighted by atomic mass is 10.1. The van der Waals surface area contributed by atoms with E-state index in [2.05, 4.69) is 43.2 Å². The first kappa shape index (κ1) is 12.0. The van der Waals surface area contributed by atoms with Crippen LogP contribution in [-0.2, 0) is 0 Å². The molecule has 0 bridgehead atoms. The quantitative estimate of drug-likeness (QED) is 0.868. The highest BCUT2D eigenvalue weighted by molar-refractivity contribution is 5.87. The van der Waals surface area contributed by atoms with Gasteiger partial charge in [-0.15, -0.1) is 0 Å². The van der Waals surface area contributed by atoms with E-state index in [0.717, 1.165) is 24.7 Å². The van der Waals surface area contributed by atoms with Crippen molar-refractivity contribution in [3.8, 4) is 5.75 Å². The molecular weight excluding hydrogens is 212 g/mol. The molecule has 0 saturated heterocycles. The van der Waals surface area contributed by atoms with Crippen LogP contribution in [0.25, 0.3) is 0 Å². The fraction of sp³-hybridized carbons (Fsp3) is 0.500. The monoisotopic (exact) mass is 232 g/mol. The molecule has 0 fully saturated rings. The predicted molar refractivity (Wildman–Crippen MR) is 71.0 cm³/mol. The highest BCUT2D eigenvalue weighted by Crippen LogP contribution is 2.25. The minimum Gasteiger partial charge on any atom is -0.482 e. The molecule has 0 amide bonds. The van der Waals surface area contributed by atoms with Gasteiger partial charge in [0.2, 0.25) is 0 Å². The van der Waals surface area contributed by atoms with Crippen LogP contribution in [0.3, 0.4) is 0 Å². The van der Waals surface area contributed by atoms with Crippen molar-refractivity contribution in [2.45, 2.75) is 33.8 Å². The lowest BCUT2D eigenvalue weighted by molar-refractivity contribution is 0.280. The van der Waals surface area contributed by atoms with Crippen molar-refractivity contribution >= 4 is 5.84 Å². The van der Waals surface area contributed by atoms with Gasteiger partial charge >= 0.3 is 0 Å². The summed E-state index contributed by atoms with van der Waals surface area (Å²) >= 11 is 0. The molecule has 3 nitrogen and oxygen atoms in total. The van der Waals surface area contributed by atoms with Gasteiger partial charge in [-0.05, 0) is 38.8 Å². The predicted octanol–water partition coefficient (Wildman–Crippen LogP) is 2.38. The normalized spacial score (nSPS) is 16.4. The summed E-state index contributed by atoms with van der Waals surface area (Å²) in [6, 6.07) is 4.30. The number of hydrogen-bond donors (Lipinski definition) is 1. The van der Waals surface area contributed by atoms with E-state index in [-0.39, 0.29) is 6.10 Å². The number of aliphatic imine (C=N–C) groups is 1. The summed E-state index contributed by atoms with van der Waals surface area (Å²) in [7, 11) is 0. The van der Waals surface area contributed by atoms with Gasteiger partial charge in [0.15, 0.2) is 6.10 Å². The van der Waals surface area contributed by atoms with Crippen LogP contribution in [0, 0.1) is 20.8 Å². The van der Waals surface area contributed by atoms with E-state index in [4.69, 9.17) is 4.74 Å². The first-order valence-electron chi connectivity index (χ1n) is 6.10. The van der Waals surface area contributed by atoms with E-state index >= 15 is 0 Å². The number of nitrogens with zero attached hydrogens (tertiary/aromatic N) is 1. The minimum atomic E-state index is -0.00222. The molecule has 17 heavy (non-hydrogen) atoms. The van der Waals surface area contributed by atoms with Crippen LogP contribution in [0.2, 0.25) is 0 Å². The molecule has 0 spiro atoms. The molecule has 1 atom stereocenters. The largest absolute Gasteiger partial charge is 0.482 e. The van der Waals surface area contributed by atoms with Crippen LogP contribution in [0.4, 0.5) is 0 Å². The topological polar surface area (TPSA) is 33.6 Å². The summed E-state index contributed by atoms with van der Waals surface area (Å²) in [6.07, 6.45) is -0.00222. The number of rotatable bonds is 3. The average molecular weight is 232 g/mol. The van der Waals surface area contributed by atoms with Gasteiger partial charge in [-0.1, -0.05) is 17.7 Å². The third-order valence-corrected chi connectivity index (χ3v) is 2.98. The maximum Gasteiger partial charge on any atom is 0.152 e. The van der Waals surface area contributed by atoms with Crippen molar-refractivity contribution in [3.63, 3.8) is 0 Å². The van der Waals surface area contributed by atoms with Crippen molar-refractivity contribution in [2.24, 2.45) is 4.99 Å². The Morgan fingerprint density at radius 3 is 2.41 bits per heavy atom. The van der Waals surface area contributed by atoms with Crippen molar-refractivity contribution < 1.29 is 4.74 Å². The van der Waals surface area contributed by atoms with Crippen LogP contribution < -0.4 is 10.1 Å². The van der Waals surface area contributed by atoms with Crippen LogP contribution in [0.15, 0.2) is 17.1 Å². The molecule has 1 aromatic carbocycles. The van der Waals surface area contributed by atoms with E-state index in [0.29, 0.717) is 0 Å². The Labute approximate surface area is 103 Å². The van der Waals surface area contributed by atoms with Gasteiger partial charge in [-0.2, -0.15) is 0 Å². The molecule has 0 aliphatic carbocycles. The Hall–Kier alpha value is -1.51. The molecule has 1 aliphatic heterocycles. The molecule has 1 aliphatic rings. The molecule has 0 saturated carbocycles. The molecule has 0 unspecified atom stereocenters. The smallest absolute Gasteiger partial charge is 0.152 e. The summed E-state index contributed by atoms with van der Waals surface area (Å²) in [5, 5.41) is 3.25. The molecule has 2 rings (SSSR count). The first-order valence-corrected chi connectivity index (χ1v) is 6.10. The zero-order chi connectivity index (χ0) is 12.4. The summed E-state index contributed by atoms with van der Waals surface area (Å²) in [5.74, 6) is 1.95. The van der Waals surface area contributed by atoms with Crippen molar-refractivity contribution in [2.75, 3.05) is 13.1 Å². The molecule has 0 aromatic heterocycles. The van der Waals surface area contributed by atoms with Gasteiger partial charge in [0, 0.05) is 6.54 Å². The zero-order valence-electron chi connectivity index (χ0n) is 11.0. The fourth-order valence-electron chi connectivity index (χ4n) is 2.27. The lowest BCUT2D eigenvalue weighted by Crippen LogP contribution is -2.33. The second-order valence-electron chi connectivity index (χ2n) is 4.68. The van der Waals surface area contributed by atoms with Crippen molar-refractivity contribution in [1.82, 2.24) is 5.32 Å². The zero-order valence-corrected chi connectivity index (χ0v) is 11.0. The van der Waals surface area contributed by atoms with E-state index < -0.39 is 0 Å². The number of ether oxygens (including phenoxy) is 1. The van der Waals surface area contributed by atoms with Crippen LogP contribution in [0.5, 0.6) is 5.75 Å². The minimum absolute atomic E-state index is 0.00222. The van der Waals surface area contributed by atoms with Gasteiger partial charge in [-0.25, -0.2) is 0 Å². The maximum atomic E-state index is 6.02. The number of amidine groups is 1. The molecule has 92 valence electrons. The van der Waals surface area contributed by atoms with Crippen LogP contribution >= 0.6 is 0 Å². The summed E-state index contributed by atoms with van der Waals surface area (Å²) in [5.41, 5.74) is 3.65. The molecule has 1 aromatic rings. The lowest BCUT2D eigenvalue weighted by Gasteiger charge is -2.19. The molecule has 0 radical (unpaired) electrons. The van der Waals surface area contributed by atoms with E-state index in [9.17, 15) is 0 Å². The fourth-order valence-corrected chi connectivity index (χ4v) is 2.27. The van der Waals surface area contributed by atoms with Crippen molar-refractivity contribution in [1.29, 1.82) is 0 Å². The number of nitrogens with one attached hydrogen (secondary N) is 1. The van der Waals surface area contributed by atoms with E-state index in [1.807, 2.05) is 6.92 Å². The first-order chi connectivity index (χ1) is 8.08. The van der Waals surface area contributed by atoms with Crippen LogP contribution in [-0.4, -0.2) is 25.0 Å². The highest BCUT2D eigenvalue weighted by Gasteiger charge is 2.17.